The number of morpholine rings is 1. The van der Waals surface area contributed by atoms with Crippen molar-refractivity contribution in [1.29, 1.82) is 0 Å². The molecule has 0 aromatic heterocycles. The molecule has 1 N–H and O–H groups in total. The highest BCUT2D eigenvalue weighted by Gasteiger charge is 2.10. The van der Waals surface area contributed by atoms with Gasteiger partial charge in [-0.05, 0) is 0 Å². The number of carbonyl (C=O) groups excluding carboxylic acids is 1. The third kappa shape index (κ3) is 5.94. The highest BCUT2D eigenvalue weighted by molar-refractivity contribution is 5.75. The predicted molar refractivity (Wildman–Crippen MR) is 57.3 cm³/mol. The summed E-state index contributed by atoms with van der Waals surface area (Å²) in [4.78, 5) is 13.1. The van der Waals surface area contributed by atoms with Gasteiger partial charge in [-0.2, -0.15) is 0 Å². The zero-order valence-corrected chi connectivity index (χ0v) is 9.51. The number of nitrogens with zero attached hydrogens (tertiary/aromatic N) is 1. The minimum Gasteiger partial charge on any atom is -0.379 e. The van der Waals surface area contributed by atoms with Crippen molar-refractivity contribution >= 4 is 5.91 Å². The van der Waals surface area contributed by atoms with Crippen molar-refractivity contribution in [2.45, 2.75) is 20.3 Å². The maximum Gasteiger partial charge on any atom is 0.221 e. The van der Waals surface area contributed by atoms with E-state index < -0.39 is 0 Å². The summed E-state index contributed by atoms with van der Waals surface area (Å²) in [7, 11) is 1.67. The van der Waals surface area contributed by atoms with E-state index in [2.05, 4.69) is 10.2 Å². The van der Waals surface area contributed by atoms with E-state index in [4.69, 9.17) is 4.74 Å². The van der Waals surface area contributed by atoms with Crippen LogP contribution in [0.4, 0.5) is 0 Å². The second-order valence-corrected chi connectivity index (χ2v) is 2.88. The second kappa shape index (κ2) is 8.97. The highest BCUT2D eigenvalue weighted by Crippen LogP contribution is 1.97. The minimum absolute atomic E-state index is 0.112. The number of hydrogen-bond donors (Lipinski definition) is 1. The molecule has 1 heterocycles. The molecule has 0 atom stereocenters. The summed E-state index contributed by atoms with van der Waals surface area (Å²) in [6, 6.07) is 0. The highest BCUT2D eigenvalue weighted by atomic mass is 16.5. The van der Waals surface area contributed by atoms with Crippen LogP contribution >= 0.6 is 0 Å². The summed E-state index contributed by atoms with van der Waals surface area (Å²) in [5.74, 6) is 0.112. The van der Waals surface area contributed by atoms with Gasteiger partial charge in [0.15, 0.2) is 0 Å². The van der Waals surface area contributed by atoms with Crippen LogP contribution in [0.15, 0.2) is 0 Å². The molecule has 0 aliphatic carbocycles. The third-order valence-electron chi connectivity index (χ3n) is 2.04. The maximum atomic E-state index is 10.9. The van der Waals surface area contributed by atoms with E-state index in [0.29, 0.717) is 6.42 Å². The number of hydrogen-bond acceptors (Lipinski definition) is 3. The molecule has 1 rings (SSSR count). The van der Waals surface area contributed by atoms with Crippen LogP contribution in [-0.2, 0) is 9.53 Å². The fourth-order valence-electron chi connectivity index (χ4n) is 1.21. The molecule has 0 aromatic rings. The lowest BCUT2D eigenvalue weighted by Crippen LogP contribution is -2.38. The Morgan fingerprint density at radius 2 is 1.93 bits per heavy atom. The number of ether oxygens (including phenoxy) is 1. The van der Waals surface area contributed by atoms with Crippen LogP contribution in [0, 0.1) is 0 Å². The van der Waals surface area contributed by atoms with Crippen molar-refractivity contribution < 1.29 is 9.53 Å². The Morgan fingerprint density at radius 1 is 1.36 bits per heavy atom. The van der Waals surface area contributed by atoms with Crippen LogP contribution in [-0.4, -0.2) is 50.7 Å². The van der Waals surface area contributed by atoms with Crippen molar-refractivity contribution in [3.05, 3.63) is 0 Å². The van der Waals surface area contributed by atoms with Gasteiger partial charge in [-0.3, -0.25) is 9.69 Å². The van der Waals surface area contributed by atoms with Crippen molar-refractivity contribution in [3.63, 3.8) is 0 Å². The molecule has 0 saturated carbocycles. The topological polar surface area (TPSA) is 41.6 Å². The van der Waals surface area contributed by atoms with Gasteiger partial charge >= 0.3 is 0 Å². The maximum absolute atomic E-state index is 10.9. The molecule has 4 nitrogen and oxygen atoms in total. The Balaban J connectivity index is 0.000000791. The molecule has 0 radical (unpaired) electrons. The van der Waals surface area contributed by atoms with Gasteiger partial charge in [0, 0.05) is 33.1 Å². The summed E-state index contributed by atoms with van der Waals surface area (Å²) in [5.41, 5.74) is 0. The molecule has 0 bridgehead atoms. The monoisotopic (exact) mass is 202 g/mol. The van der Waals surface area contributed by atoms with Crippen LogP contribution in [0.25, 0.3) is 0 Å². The first kappa shape index (κ1) is 13.4. The SMILES string of the molecule is CC.CNC(=O)CCN1CCOCC1. The number of nitrogens with one attached hydrogen (secondary N) is 1. The van der Waals surface area contributed by atoms with E-state index in [1.54, 1.807) is 7.05 Å². The number of carbonyl (C=O) groups is 1. The Hall–Kier alpha value is -0.610. The first-order valence-electron chi connectivity index (χ1n) is 5.33. The molecule has 0 unspecified atom stereocenters. The van der Waals surface area contributed by atoms with Crippen molar-refractivity contribution in [2.75, 3.05) is 39.9 Å². The van der Waals surface area contributed by atoms with E-state index in [9.17, 15) is 4.79 Å². The zero-order chi connectivity index (χ0) is 10.8. The van der Waals surface area contributed by atoms with E-state index >= 15 is 0 Å². The lowest BCUT2D eigenvalue weighted by Gasteiger charge is -2.25. The zero-order valence-electron chi connectivity index (χ0n) is 9.51. The molecular weight excluding hydrogens is 180 g/mol. The summed E-state index contributed by atoms with van der Waals surface area (Å²) >= 11 is 0. The van der Waals surface area contributed by atoms with Crippen LogP contribution in [0.5, 0.6) is 0 Å². The number of rotatable bonds is 3. The second-order valence-electron chi connectivity index (χ2n) is 2.88. The Kier molecular flexibility index (Phi) is 8.57. The minimum atomic E-state index is 0.112. The van der Waals surface area contributed by atoms with E-state index in [0.717, 1.165) is 32.8 Å². The molecule has 1 fully saturated rings. The summed E-state index contributed by atoms with van der Waals surface area (Å²) in [6.45, 7) is 8.36. The van der Waals surface area contributed by atoms with Crippen molar-refractivity contribution in [2.24, 2.45) is 0 Å². The molecule has 1 saturated heterocycles. The van der Waals surface area contributed by atoms with Crippen LogP contribution in [0.2, 0.25) is 0 Å². The molecule has 84 valence electrons. The van der Waals surface area contributed by atoms with Crippen LogP contribution in [0.1, 0.15) is 20.3 Å². The molecule has 1 aliphatic rings. The van der Waals surface area contributed by atoms with Gasteiger partial charge < -0.3 is 10.1 Å². The van der Waals surface area contributed by atoms with Gasteiger partial charge in [0.05, 0.1) is 13.2 Å². The van der Waals surface area contributed by atoms with Crippen molar-refractivity contribution in [3.8, 4) is 0 Å². The van der Waals surface area contributed by atoms with E-state index in [-0.39, 0.29) is 5.91 Å². The van der Waals surface area contributed by atoms with Gasteiger partial charge in [-0.25, -0.2) is 0 Å². The fourth-order valence-corrected chi connectivity index (χ4v) is 1.21. The standard InChI is InChI=1S/C8H16N2O2.C2H6/c1-9-8(11)2-3-10-4-6-12-7-5-10;1-2/h2-7H2,1H3,(H,9,11);1-2H3. The lowest BCUT2D eigenvalue weighted by atomic mass is 10.3. The molecule has 4 heteroatoms. The Morgan fingerprint density at radius 3 is 2.43 bits per heavy atom. The largest absolute Gasteiger partial charge is 0.379 e. The molecule has 0 aromatic carbocycles. The predicted octanol–water partition coefficient (Wildman–Crippen LogP) is 0.481. The van der Waals surface area contributed by atoms with Gasteiger partial charge in [0.1, 0.15) is 0 Å². The molecule has 0 spiro atoms. The van der Waals surface area contributed by atoms with Gasteiger partial charge in [0.25, 0.3) is 0 Å². The Bertz CT molecular complexity index is 145. The first-order valence-corrected chi connectivity index (χ1v) is 5.33. The normalized spacial score (nSPS) is 16.8. The van der Waals surface area contributed by atoms with Crippen molar-refractivity contribution in [1.82, 2.24) is 10.2 Å². The smallest absolute Gasteiger partial charge is 0.221 e. The third-order valence-corrected chi connectivity index (χ3v) is 2.04. The molecular formula is C10H22N2O2. The van der Waals surface area contributed by atoms with E-state index in [1.807, 2.05) is 13.8 Å². The Labute approximate surface area is 86.6 Å². The molecule has 1 amide bonds. The van der Waals surface area contributed by atoms with Gasteiger partial charge in [-0.15, -0.1) is 0 Å². The average Bonchev–Trinajstić information content (AvgIpc) is 2.30. The first-order chi connectivity index (χ1) is 6.83. The van der Waals surface area contributed by atoms with Gasteiger partial charge in [-0.1, -0.05) is 13.8 Å². The number of amides is 1. The summed E-state index contributed by atoms with van der Waals surface area (Å²) in [6.07, 6.45) is 0.594. The van der Waals surface area contributed by atoms with Gasteiger partial charge in [0.2, 0.25) is 5.91 Å². The molecule has 14 heavy (non-hydrogen) atoms. The molecule has 1 aliphatic heterocycles. The fraction of sp³-hybridized carbons (Fsp3) is 0.900. The van der Waals surface area contributed by atoms with Crippen LogP contribution in [0.3, 0.4) is 0 Å². The lowest BCUT2D eigenvalue weighted by molar-refractivity contribution is -0.121. The van der Waals surface area contributed by atoms with E-state index in [1.165, 1.54) is 0 Å². The quantitative estimate of drug-likeness (QED) is 0.724. The summed E-state index contributed by atoms with van der Waals surface area (Å²) < 4.78 is 5.19. The summed E-state index contributed by atoms with van der Waals surface area (Å²) in [5, 5.41) is 2.61. The average molecular weight is 202 g/mol. The van der Waals surface area contributed by atoms with Crippen LogP contribution < -0.4 is 5.32 Å².